The van der Waals surface area contributed by atoms with Gasteiger partial charge in [-0.3, -0.25) is 14.4 Å². The van der Waals surface area contributed by atoms with Gasteiger partial charge in [0.25, 0.3) is 0 Å². The summed E-state index contributed by atoms with van der Waals surface area (Å²) in [5.41, 5.74) is -2.58. The van der Waals surface area contributed by atoms with Crippen molar-refractivity contribution in [2.75, 3.05) is 18.8 Å². The van der Waals surface area contributed by atoms with Crippen LogP contribution in [0.2, 0.25) is 0 Å². The molecule has 59 heavy (non-hydrogen) atoms. The molecule has 5 amide bonds. The highest BCUT2D eigenvalue weighted by atomic mass is 32.2. The lowest BCUT2D eigenvalue weighted by Crippen LogP contribution is -2.63. The van der Waals surface area contributed by atoms with Gasteiger partial charge in [0.05, 0.1) is 21.6 Å². The number of fused-ring (bicyclic) bond motifs is 1. The fourth-order valence-corrected chi connectivity index (χ4v) is 11.0. The van der Waals surface area contributed by atoms with E-state index >= 15 is 0 Å². The first kappa shape index (κ1) is 46.1. The fraction of sp³-hybridized carbons (Fsp3) is 0.732. The summed E-state index contributed by atoms with van der Waals surface area (Å²) in [5, 5.41) is 19.7. The zero-order chi connectivity index (χ0) is 43.7. The van der Waals surface area contributed by atoms with E-state index in [0.717, 1.165) is 38.5 Å². The molecule has 330 valence electrons. The van der Waals surface area contributed by atoms with Gasteiger partial charge >= 0.3 is 12.0 Å². The Labute approximate surface area is 343 Å². The molecule has 5 atom stereocenters. The van der Waals surface area contributed by atoms with E-state index in [0.29, 0.717) is 37.8 Å². The number of carboxylic acid groups (broad SMARTS) is 1. The second-order valence-corrected chi connectivity index (χ2v) is 21.3. The number of piperidine rings is 1. The van der Waals surface area contributed by atoms with Gasteiger partial charge in [0.15, 0.2) is 9.84 Å². The average Bonchev–Trinajstić information content (AvgIpc) is 3.44. The minimum absolute atomic E-state index is 0.129. The number of urea groups is 1. The fourth-order valence-electron chi connectivity index (χ4n) is 9.44. The third-order valence-corrected chi connectivity index (χ3v) is 15.9. The molecule has 3 aliphatic carbocycles. The lowest BCUT2D eigenvalue weighted by molar-refractivity contribution is -0.144. The largest absolute Gasteiger partial charge is 0.478 e. The Kier molecular flexibility index (Phi) is 14.0. The van der Waals surface area contributed by atoms with Crippen molar-refractivity contribution in [2.24, 2.45) is 23.2 Å². The number of alkyl halides is 2. The van der Waals surface area contributed by atoms with Gasteiger partial charge < -0.3 is 31.3 Å². The Hall–Kier alpha value is -3.96. The van der Waals surface area contributed by atoms with Crippen molar-refractivity contribution >= 4 is 39.6 Å². The van der Waals surface area contributed by atoms with E-state index < -0.39 is 122 Å². The molecule has 0 spiro atoms. The third-order valence-electron chi connectivity index (χ3n) is 13.1. The number of amides is 5. The summed E-state index contributed by atoms with van der Waals surface area (Å²) in [7, 11) is -3.64. The highest BCUT2D eigenvalue weighted by molar-refractivity contribution is 7.92. The highest BCUT2D eigenvalue weighted by Crippen LogP contribution is 2.65. The Morgan fingerprint density at radius 1 is 0.932 bits per heavy atom. The van der Waals surface area contributed by atoms with Gasteiger partial charge in [-0.2, -0.15) is 0 Å². The Bertz CT molecular complexity index is 1850. The lowest BCUT2D eigenvalue weighted by atomic mass is 9.82. The van der Waals surface area contributed by atoms with Crippen molar-refractivity contribution in [3.05, 3.63) is 34.9 Å². The Morgan fingerprint density at radius 2 is 1.53 bits per heavy atom. The normalized spacial score (nSPS) is 23.8. The highest BCUT2D eigenvalue weighted by Gasteiger charge is 2.70. The van der Waals surface area contributed by atoms with Crippen LogP contribution in [0.4, 0.5) is 22.4 Å². The number of nitrogens with one attached hydrogen (secondary N) is 4. The molecule has 5 N–H and O–H groups in total. The molecule has 1 aromatic carbocycles. The van der Waals surface area contributed by atoms with Crippen LogP contribution in [0.5, 0.6) is 0 Å². The van der Waals surface area contributed by atoms with E-state index in [9.17, 15) is 50.0 Å². The number of halogens is 4. The number of likely N-dealkylation sites (tertiary alicyclic amines) is 1. The van der Waals surface area contributed by atoms with Crippen LogP contribution in [0.15, 0.2) is 12.1 Å². The van der Waals surface area contributed by atoms with E-state index in [1.807, 2.05) is 13.8 Å². The molecule has 13 nitrogen and oxygen atoms in total. The van der Waals surface area contributed by atoms with Gasteiger partial charge in [-0.15, -0.1) is 0 Å². The monoisotopic (exact) mass is 857 g/mol. The Balaban J connectivity index is 1.33. The molecule has 0 bridgehead atoms. The zero-order valence-corrected chi connectivity index (χ0v) is 35.3. The number of carboxylic acids is 1. The minimum atomic E-state index is -3.64. The maximum absolute atomic E-state index is 14.7. The summed E-state index contributed by atoms with van der Waals surface area (Å²) in [6, 6.07) is -3.45. The summed E-state index contributed by atoms with van der Waals surface area (Å²) in [6.07, 6.45) is 2.46. The van der Waals surface area contributed by atoms with Gasteiger partial charge in [0.1, 0.15) is 29.8 Å². The molecule has 1 aromatic rings. The molecule has 18 heteroatoms. The molecule has 0 unspecified atom stereocenters. The van der Waals surface area contributed by atoms with Crippen LogP contribution in [0.1, 0.15) is 121 Å². The first-order chi connectivity index (χ1) is 27.5. The topological polar surface area (TPSA) is 191 Å². The molecular weight excluding hydrogens is 799 g/mol. The third kappa shape index (κ3) is 10.5. The molecule has 1 heterocycles. The van der Waals surface area contributed by atoms with Gasteiger partial charge in [0, 0.05) is 25.1 Å². The van der Waals surface area contributed by atoms with Crippen LogP contribution in [0, 0.1) is 34.8 Å². The van der Waals surface area contributed by atoms with Gasteiger partial charge in [-0.05, 0) is 88.2 Å². The summed E-state index contributed by atoms with van der Waals surface area (Å²) >= 11 is 0. The molecule has 4 fully saturated rings. The van der Waals surface area contributed by atoms with Crippen LogP contribution in [0.25, 0.3) is 0 Å². The SMILES string of the molecule is CC1(C)[C@@H]2[C@@H](C(=O)N[C@@H](CC(F)F)C(=O)NCCc3c(F)cc(C(=O)O)cc3F)N(C(=O)[C@@H](NC(=O)NC3(CS(=O)(=O)C(C)(C)C)CCCCC3)C3CCCCC3)C[C@@H]21. The Morgan fingerprint density at radius 3 is 2.08 bits per heavy atom. The predicted molar refractivity (Wildman–Crippen MR) is 210 cm³/mol. The van der Waals surface area contributed by atoms with Crippen LogP contribution in [-0.4, -0.2) is 102 Å². The van der Waals surface area contributed by atoms with Crippen molar-refractivity contribution in [1.29, 1.82) is 0 Å². The van der Waals surface area contributed by atoms with E-state index in [1.54, 1.807) is 20.8 Å². The molecule has 0 aromatic heterocycles. The van der Waals surface area contributed by atoms with E-state index in [1.165, 1.54) is 4.90 Å². The summed E-state index contributed by atoms with van der Waals surface area (Å²) in [5.74, 6) is -7.34. The summed E-state index contributed by atoms with van der Waals surface area (Å²) in [4.78, 5) is 68.6. The number of nitrogens with zero attached hydrogens (tertiary/aromatic N) is 1. The number of carbonyl (C=O) groups is 5. The van der Waals surface area contributed by atoms with Crippen molar-refractivity contribution in [3.8, 4) is 0 Å². The number of hydrogen-bond donors (Lipinski definition) is 5. The quantitative estimate of drug-likeness (QED) is 0.150. The second-order valence-electron chi connectivity index (χ2n) is 18.5. The van der Waals surface area contributed by atoms with Crippen LogP contribution in [-0.2, 0) is 30.6 Å². The second kappa shape index (κ2) is 17.9. The molecule has 5 rings (SSSR count). The number of benzene rings is 1. The zero-order valence-electron chi connectivity index (χ0n) is 34.5. The number of hydrogen-bond acceptors (Lipinski definition) is 7. The van der Waals surface area contributed by atoms with E-state index in [4.69, 9.17) is 5.11 Å². The molecule has 1 aliphatic heterocycles. The summed E-state index contributed by atoms with van der Waals surface area (Å²) in [6.45, 7) is 8.42. The first-order valence-electron chi connectivity index (χ1n) is 20.7. The summed E-state index contributed by atoms with van der Waals surface area (Å²) < 4.78 is 82.4. The van der Waals surface area contributed by atoms with Gasteiger partial charge in [-0.1, -0.05) is 52.4 Å². The maximum Gasteiger partial charge on any atom is 0.335 e. The van der Waals surface area contributed by atoms with Gasteiger partial charge in [0.2, 0.25) is 24.1 Å². The van der Waals surface area contributed by atoms with E-state index in [2.05, 4.69) is 21.3 Å². The molecule has 0 radical (unpaired) electrons. The number of rotatable bonds is 15. The number of sulfone groups is 1. The maximum atomic E-state index is 14.7. The molecule has 3 saturated carbocycles. The van der Waals surface area contributed by atoms with Crippen molar-refractivity contribution in [2.45, 2.75) is 147 Å². The predicted octanol–water partition coefficient (Wildman–Crippen LogP) is 5.11. The van der Waals surface area contributed by atoms with Crippen LogP contribution in [0.3, 0.4) is 0 Å². The number of carbonyl (C=O) groups excluding carboxylic acids is 4. The van der Waals surface area contributed by atoms with Crippen molar-refractivity contribution in [1.82, 2.24) is 26.2 Å². The molecular formula is C41H59F4N5O8S. The standard InChI is InChI=1S/C41H59F4N5O8S/c1-39(2,3)59(57,58)22-41(15-10-7-11-16-41)49-38(56)48-32(23-12-8-6-9-13-23)36(53)50-21-26-31(40(26,4)5)33(50)35(52)47-29(20-30(44)45)34(51)46-17-14-25-27(42)18-24(37(54)55)19-28(25)43/h18-19,23,26,29-33H,6-17,20-22H2,1-5H3,(H,46,51)(H,47,52)(H,54,55)(H2,48,49,56)/t26-,29-,31-,32-,33-/m0/s1. The lowest BCUT2D eigenvalue weighted by Gasteiger charge is -2.41. The van der Waals surface area contributed by atoms with Crippen LogP contribution < -0.4 is 21.3 Å². The van der Waals surface area contributed by atoms with Gasteiger partial charge in [-0.25, -0.2) is 35.6 Å². The van der Waals surface area contributed by atoms with Crippen molar-refractivity contribution in [3.63, 3.8) is 0 Å². The molecule has 4 aliphatic rings. The van der Waals surface area contributed by atoms with Crippen molar-refractivity contribution < 1.29 is 55.1 Å². The molecule has 1 saturated heterocycles. The number of aromatic carboxylic acids is 1. The minimum Gasteiger partial charge on any atom is -0.478 e. The smallest absolute Gasteiger partial charge is 0.335 e. The first-order valence-corrected chi connectivity index (χ1v) is 22.3. The average molecular weight is 858 g/mol. The van der Waals surface area contributed by atoms with Crippen LogP contribution >= 0.6 is 0 Å². The van der Waals surface area contributed by atoms with E-state index in [-0.39, 0.29) is 30.1 Å².